The maximum absolute atomic E-state index is 9.37. The van der Waals surface area contributed by atoms with Gasteiger partial charge in [-0.15, -0.1) is 0 Å². The molecule has 1 aromatic heterocycles. The Morgan fingerprint density at radius 2 is 2.11 bits per heavy atom. The van der Waals surface area contributed by atoms with Crippen LogP contribution in [0.15, 0.2) is 12.1 Å². The van der Waals surface area contributed by atoms with Crippen LogP contribution in [0.3, 0.4) is 0 Å². The van der Waals surface area contributed by atoms with E-state index in [1.54, 1.807) is 0 Å². The van der Waals surface area contributed by atoms with Crippen LogP contribution in [0.1, 0.15) is 51.3 Å². The summed E-state index contributed by atoms with van der Waals surface area (Å²) < 4.78 is 0. The van der Waals surface area contributed by atoms with Crippen LogP contribution < -0.4 is 4.90 Å². The molecule has 1 aliphatic heterocycles. The first-order chi connectivity index (χ1) is 8.69. The van der Waals surface area contributed by atoms with Crippen LogP contribution in [0, 0.1) is 0 Å². The molecule has 0 bridgehead atoms. The lowest BCUT2D eigenvalue weighted by Crippen LogP contribution is -2.35. The molecule has 100 valence electrons. The van der Waals surface area contributed by atoms with Gasteiger partial charge in [0, 0.05) is 17.8 Å². The molecule has 1 aliphatic rings. The van der Waals surface area contributed by atoms with Gasteiger partial charge in [-0.1, -0.05) is 13.8 Å². The van der Waals surface area contributed by atoms with Crippen LogP contribution in [0.5, 0.6) is 0 Å². The van der Waals surface area contributed by atoms with E-state index in [0.717, 1.165) is 29.9 Å². The van der Waals surface area contributed by atoms with E-state index in [1.165, 1.54) is 12.8 Å². The Morgan fingerprint density at radius 1 is 1.33 bits per heavy atom. The number of aryl methyl sites for hydroxylation is 1. The van der Waals surface area contributed by atoms with Gasteiger partial charge in [-0.05, 0) is 50.3 Å². The van der Waals surface area contributed by atoms with Crippen molar-refractivity contribution in [2.45, 2.75) is 65.1 Å². The van der Waals surface area contributed by atoms with Crippen molar-refractivity contribution >= 4 is 5.82 Å². The number of pyridine rings is 1. The van der Waals surface area contributed by atoms with Gasteiger partial charge in [0.05, 0.1) is 6.61 Å². The maximum atomic E-state index is 9.37. The molecule has 0 saturated carbocycles. The molecule has 1 saturated heterocycles. The van der Waals surface area contributed by atoms with Crippen molar-refractivity contribution in [2.24, 2.45) is 0 Å². The molecule has 18 heavy (non-hydrogen) atoms. The molecule has 0 aliphatic carbocycles. The fourth-order valence-electron chi connectivity index (χ4n) is 2.92. The van der Waals surface area contributed by atoms with Crippen molar-refractivity contribution in [1.82, 2.24) is 4.98 Å². The molecular weight excluding hydrogens is 224 g/mol. The quantitative estimate of drug-likeness (QED) is 0.890. The second-order valence-corrected chi connectivity index (χ2v) is 5.23. The maximum Gasteiger partial charge on any atom is 0.129 e. The van der Waals surface area contributed by atoms with E-state index >= 15 is 0 Å². The first-order valence-corrected chi connectivity index (χ1v) is 7.08. The van der Waals surface area contributed by atoms with E-state index in [9.17, 15) is 5.11 Å². The second-order valence-electron chi connectivity index (χ2n) is 5.23. The number of hydrogen-bond acceptors (Lipinski definition) is 3. The van der Waals surface area contributed by atoms with Crippen molar-refractivity contribution in [3.63, 3.8) is 0 Å². The van der Waals surface area contributed by atoms with Gasteiger partial charge in [-0.2, -0.15) is 0 Å². The van der Waals surface area contributed by atoms with Crippen LogP contribution >= 0.6 is 0 Å². The lowest BCUT2D eigenvalue weighted by Gasteiger charge is -2.29. The van der Waals surface area contributed by atoms with E-state index in [0.29, 0.717) is 12.1 Å². The fourth-order valence-corrected chi connectivity index (χ4v) is 2.92. The molecule has 1 N–H and O–H groups in total. The zero-order chi connectivity index (χ0) is 13.1. The third-order valence-corrected chi connectivity index (χ3v) is 3.99. The third-order valence-electron chi connectivity index (χ3n) is 3.99. The van der Waals surface area contributed by atoms with E-state index in [1.807, 2.05) is 12.1 Å². The minimum absolute atomic E-state index is 0.0987. The van der Waals surface area contributed by atoms with Crippen LogP contribution in [0.25, 0.3) is 0 Å². The molecule has 2 unspecified atom stereocenters. The lowest BCUT2D eigenvalue weighted by molar-refractivity contribution is 0.281. The molecule has 0 spiro atoms. The summed E-state index contributed by atoms with van der Waals surface area (Å²) in [5, 5.41) is 9.37. The topological polar surface area (TPSA) is 36.4 Å². The first-order valence-electron chi connectivity index (χ1n) is 7.08. The Bertz CT molecular complexity index is 383. The zero-order valence-electron chi connectivity index (χ0n) is 11.7. The van der Waals surface area contributed by atoms with Gasteiger partial charge < -0.3 is 10.0 Å². The highest BCUT2D eigenvalue weighted by molar-refractivity contribution is 5.46. The van der Waals surface area contributed by atoms with Crippen molar-refractivity contribution < 1.29 is 5.11 Å². The van der Waals surface area contributed by atoms with Crippen molar-refractivity contribution in [2.75, 3.05) is 4.90 Å². The third kappa shape index (κ3) is 2.51. The molecular formula is C15H24N2O. The van der Waals surface area contributed by atoms with Gasteiger partial charge in [-0.3, -0.25) is 0 Å². The number of aromatic nitrogens is 1. The Balaban J connectivity index is 2.36. The molecule has 1 fully saturated rings. The number of rotatable bonds is 4. The van der Waals surface area contributed by atoms with Crippen LogP contribution in [-0.4, -0.2) is 22.2 Å². The van der Waals surface area contributed by atoms with E-state index in [2.05, 4.69) is 25.7 Å². The largest absolute Gasteiger partial charge is 0.392 e. The molecule has 3 heteroatoms. The lowest BCUT2D eigenvalue weighted by atomic mass is 10.1. The summed E-state index contributed by atoms with van der Waals surface area (Å²) in [5.74, 6) is 1.05. The number of anilines is 1. The fraction of sp³-hybridized carbons (Fsp3) is 0.667. The van der Waals surface area contributed by atoms with Crippen LogP contribution in [0.4, 0.5) is 5.82 Å². The summed E-state index contributed by atoms with van der Waals surface area (Å²) in [6.07, 6.45) is 4.58. The highest BCUT2D eigenvalue weighted by Crippen LogP contribution is 2.31. The van der Waals surface area contributed by atoms with Gasteiger partial charge in [0.25, 0.3) is 0 Å². The van der Waals surface area contributed by atoms with E-state index in [-0.39, 0.29) is 6.61 Å². The highest BCUT2D eigenvalue weighted by Gasteiger charge is 2.30. The average Bonchev–Trinajstić information content (AvgIpc) is 2.79. The average molecular weight is 248 g/mol. The summed E-state index contributed by atoms with van der Waals surface area (Å²) in [4.78, 5) is 7.19. The standard InChI is InChI=1S/C15H24N2O/c1-4-13-8-12(10-18)9-15(16-13)17-11(3)6-7-14(17)5-2/h8-9,11,14,18H,4-7,10H2,1-3H3. The second kappa shape index (κ2) is 5.70. The number of nitrogens with zero attached hydrogens (tertiary/aromatic N) is 2. The molecule has 1 aromatic rings. The Morgan fingerprint density at radius 3 is 2.72 bits per heavy atom. The Labute approximate surface area is 110 Å². The molecule has 2 atom stereocenters. The summed E-state index contributed by atoms with van der Waals surface area (Å²) in [6.45, 7) is 6.72. The summed E-state index contributed by atoms with van der Waals surface area (Å²) in [6, 6.07) is 5.21. The predicted molar refractivity (Wildman–Crippen MR) is 74.8 cm³/mol. The van der Waals surface area contributed by atoms with Crippen molar-refractivity contribution in [1.29, 1.82) is 0 Å². The summed E-state index contributed by atoms with van der Waals surface area (Å²) >= 11 is 0. The molecule has 0 amide bonds. The van der Waals surface area contributed by atoms with Gasteiger partial charge in [0.1, 0.15) is 5.82 Å². The molecule has 0 aromatic carbocycles. The molecule has 3 nitrogen and oxygen atoms in total. The summed E-state index contributed by atoms with van der Waals surface area (Å²) in [7, 11) is 0. The SMILES string of the molecule is CCc1cc(CO)cc(N2C(C)CCC2CC)n1. The normalized spacial score (nSPS) is 23.7. The minimum atomic E-state index is 0.0987. The summed E-state index contributed by atoms with van der Waals surface area (Å²) in [5.41, 5.74) is 2.05. The Hall–Kier alpha value is -1.09. The first kappa shape index (κ1) is 13.3. The monoisotopic (exact) mass is 248 g/mol. The van der Waals surface area contributed by atoms with Gasteiger partial charge >= 0.3 is 0 Å². The molecule has 0 radical (unpaired) electrons. The van der Waals surface area contributed by atoms with Gasteiger partial charge in [-0.25, -0.2) is 4.98 Å². The van der Waals surface area contributed by atoms with Gasteiger partial charge in [0.15, 0.2) is 0 Å². The minimum Gasteiger partial charge on any atom is -0.392 e. The zero-order valence-corrected chi connectivity index (χ0v) is 11.7. The number of aliphatic hydroxyl groups excluding tert-OH is 1. The van der Waals surface area contributed by atoms with E-state index < -0.39 is 0 Å². The van der Waals surface area contributed by atoms with Crippen molar-refractivity contribution in [3.8, 4) is 0 Å². The molecule has 2 rings (SSSR count). The van der Waals surface area contributed by atoms with Gasteiger partial charge in [0.2, 0.25) is 0 Å². The van der Waals surface area contributed by atoms with E-state index in [4.69, 9.17) is 4.98 Å². The number of hydrogen-bond donors (Lipinski definition) is 1. The number of aliphatic hydroxyl groups is 1. The van der Waals surface area contributed by atoms with Crippen LogP contribution in [-0.2, 0) is 13.0 Å². The van der Waals surface area contributed by atoms with Crippen molar-refractivity contribution in [3.05, 3.63) is 23.4 Å². The van der Waals surface area contributed by atoms with Crippen LogP contribution in [0.2, 0.25) is 0 Å². The molecule has 2 heterocycles. The smallest absolute Gasteiger partial charge is 0.129 e. The Kier molecular flexibility index (Phi) is 4.23. The highest BCUT2D eigenvalue weighted by atomic mass is 16.3. The predicted octanol–water partition coefficient (Wildman–Crippen LogP) is 2.90.